The van der Waals surface area contributed by atoms with E-state index in [0.717, 1.165) is 18.8 Å². The van der Waals surface area contributed by atoms with Crippen molar-refractivity contribution < 1.29 is 9.84 Å². The van der Waals surface area contributed by atoms with Gasteiger partial charge in [0.25, 0.3) is 0 Å². The molecular formula is C14H23NO2. The first kappa shape index (κ1) is 14.0. The molecule has 0 aliphatic carbocycles. The monoisotopic (exact) mass is 237 g/mol. The highest BCUT2D eigenvalue weighted by Crippen LogP contribution is 2.14. The van der Waals surface area contributed by atoms with Gasteiger partial charge in [0.05, 0.1) is 6.61 Å². The first-order valence-corrected chi connectivity index (χ1v) is 6.11. The Hall–Kier alpha value is -1.06. The van der Waals surface area contributed by atoms with Gasteiger partial charge >= 0.3 is 0 Å². The van der Waals surface area contributed by atoms with Crippen molar-refractivity contribution in [3.8, 4) is 5.75 Å². The second kappa shape index (κ2) is 6.62. The van der Waals surface area contributed by atoms with E-state index in [4.69, 9.17) is 9.84 Å². The molecule has 1 rings (SSSR count). The first-order chi connectivity index (χ1) is 8.07. The predicted molar refractivity (Wildman–Crippen MR) is 70.2 cm³/mol. The number of hydrogen-bond acceptors (Lipinski definition) is 3. The molecule has 0 atom stereocenters. The molecule has 1 aromatic carbocycles. The molecule has 1 aromatic rings. The zero-order valence-corrected chi connectivity index (χ0v) is 11.0. The third-order valence-corrected chi connectivity index (χ3v) is 2.60. The van der Waals surface area contributed by atoms with Gasteiger partial charge in [0, 0.05) is 25.1 Å². The molecule has 0 amide bonds. The summed E-state index contributed by atoms with van der Waals surface area (Å²) in [4.78, 5) is 0. The summed E-state index contributed by atoms with van der Waals surface area (Å²) in [5.74, 6) is 0.909. The van der Waals surface area contributed by atoms with Crippen molar-refractivity contribution in [2.45, 2.75) is 27.3 Å². The Morgan fingerprint density at radius 3 is 2.41 bits per heavy atom. The molecule has 2 N–H and O–H groups in total. The van der Waals surface area contributed by atoms with Gasteiger partial charge in [0.15, 0.2) is 0 Å². The molecule has 0 heterocycles. The zero-order chi connectivity index (χ0) is 12.7. The van der Waals surface area contributed by atoms with E-state index in [9.17, 15) is 0 Å². The van der Waals surface area contributed by atoms with Crippen molar-refractivity contribution in [3.05, 3.63) is 29.8 Å². The lowest BCUT2D eigenvalue weighted by molar-refractivity contribution is 0.156. The lowest BCUT2D eigenvalue weighted by Gasteiger charge is -2.21. The summed E-state index contributed by atoms with van der Waals surface area (Å²) in [6.45, 7) is 8.57. The van der Waals surface area contributed by atoms with Crippen molar-refractivity contribution >= 4 is 0 Å². The number of aliphatic hydroxyl groups excluding tert-OH is 1. The van der Waals surface area contributed by atoms with E-state index in [1.54, 1.807) is 0 Å². The van der Waals surface area contributed by atoms with E-state index in [1.165, 1.54) is 5.56 Å². The van der Waals surface area contributed by atoms with Gasteiger partial charge in [-0.2, -0.15) is 0 Å². The summed E-state index contributed by atoms with van der Waals surface area (Å²) in [7, 11) is 0. The maximum Gasteiger partial charge on any atom is 0.119 e. The molecule has 0 radical (unpaired) electrons. The van der Waals surface area contributed by atoms with Crippen molar-refractivity contribution in [2.24, 2.45) is 5.41 Å². The Morgan fingerprint density at radius 1 is 1.24 bits per heavy atom. The van der Waals surface area contributed by atoms with Crippen LogP contribution in [0.5, 0.6) is 5.75 Å². The summed E-state index contributed by atoms with van der Waals surface area (Å²) in [5.41, 5.74) is 1.16. The quantitative estimate of drug-likeness (QED) is 0.764. The summed E-state index contributed by atoms with van der Waals surface area (Å²) in [6, 6.07) is 8.09. The molecule has 0 saturated carbocycles. The number of hydrogen-bond donors (Lipinski definition) is 2. The summed E-state index contributed by atoms with van der Waals surface area (Å²) in [6.07, 6.45) is 0. The third-order valence-electron chi connectivity index (χ3n) is 2.60. The van der Waals surface area contributed by atoms with Crippen LogP contribution in [-0.4, -0.2) is 24.9 Å². The number of aliphatic hydroxyl groups is 1. The minimum atomic E-state index is -0.0642. The van der Waals surface area contributed by atoms with Gasteiger partial charge < -0.3 is 15.2 Å². The topological polar surface area (TPSA) is 41.5 Å². The highest BCUT2D eigenvalue weighted by molar-refractivity contribution is 5.27. The standard InChI is InChI=1S/C14H23NO2/c1-4-17-13-7-5-12(6-8-13)9-15-10-14(2,3)11-16/h5-8,15-16H,4,9-11H2,1-3H3. The Labute approximate surface area is 104 Å². The van der Waals surface area contributed by atoms with Crippen molar-refractivity contribution in [1.82, 2.24) is 5.32 Å². The fourth-order valence-electron chi connectivity index (χ4n) is 1.47. The number of rotatable bonds is 7. The molecular weight excluding hydrogens is 214 g/mol. The van der Waals surface area contributed by atoms with Crippen LogP contribution in [0.4, 0.5) is 0 Å². The number of benzene rings is 1. The Morgan fingerprint density at radius 2 is 1.88 bits per heavy atom. The van der Waals surface area contributed by atoms with Crippen molar-refractivity contribution in [1.29, 1.82) is 0 Å². The van der Waals surface area contributed by atoms with E-state index in [2.05, 4.69) is 17.4 Å². The Bertz CT molecular complexity index is 319. The minimum Gasteiger partial charge on any atom is -0.494 e. The molecule has 96 valence electrons. The maximum atomic E-state index is 9.13. The zero-order valence-electron chi connectivity index (χ0n) is 11.0. The second-order valence-electron chi connectivity index (χ2n) is 5.00. The summed E-state index contributed by atoms with van der Waals surface area (Å²) in [5, 5.41) is 12.5. The normalized spacial score (nSPS) is 11.5. The van der Waals surface area contributed by atoms with Gasteiger partial charge in [-0.05, 0) is 24.6 Å². The minimum absolute atomic E-state index is 0.0642. The average molecular weight is 237 g/mol. The fraction of sp³-hybridized carbons (Fsp3) is 0.571. The maximum absolute atomic E-state index is 9.13. The molecule has 17 heavy (non-hydrogen) atoms. The Balaban J connectivity index is 2.37. The first-order valence-electron chi connectivity index (χ1n) is 6.11. The molecule has 0 aromatic heterocycles. The number of ether oxygens (including phenoxy) is 1. The molecule has 0 aliphatic rings. The van der Waals surface area contributed by atoms with Gasteiger partial charge in [-0.15, -0.1) is 0 Å². The predicted octanol–water partition coefficient (Wildman–Crippen LogP) is 2.19. The van der Waals surface area contributed by atoms with Crippen LogP contribution in [0.25, 0.3) is 0 Å². The van der Waals surface area contributed by atoms with Crippen molar-refractivity contribution in [3.63, 3.8) is 0 Å². The molecule has 0 unspecified atom stereocenters. The van der Waals surface area contributed by atoms with Gasteiger partial charge in [-0.3, -0.25) is 0 Å². The van der Waals surface area contributed by atoms with Gasteiger partial charge in [0.1, 0.15) is 5.75 Å². The van der Waals surface area contributed by atoms with Crippen LogP contribution in [-0.2, 0) is 6.54 Å². The van der Waals surface area contributed by atoms with Crippen LogP contribution in [0.2, 0.25) is 0 Å². The van der Waals surface area contributed by atoms with Gasteiger partial charge in [-0.25, -0.2) is 0 Å². The number of nitrogens with one attached hydrogen (secondary N) is 1. The largest absolute Gasteiger partial charge is 0.494 e. The molecule has 0 bridgehead atoms. The fourth-order valence-corrected chi connectivity index (χ4v) is 1.47. The van der Waals surface area contributed by atoms with Crippen LogP contribution >= 0.6 is 0 Å². The van der Waals surface area contributed by atoms with E-state index < -0.39 is 0 Å². The molecule has 0 aliphatic heterocycles. The van der Waals surface area contributed by atoms with E-state index in [-0.39, 0.29) is 12.0 Å². The molecule has 3 heteroatoms. The van der Waals surface area contributed by atoms with E-state index in [1.807, 2.05) is 32.9 Å². The van der Waals surface area contributed by atoms with E-state index >= 15 is 0 Å². The van der Waals surface area contributed by atoms with Crippen LogP contribution < -0.4 is 10.1 Å². The van der Waals surface area contributed by atoms with Gasteiger partial charge in [0.2, 0.25) is 0 Å². The second-order valence-corrected chi connectivity index (χ2v) is 5.00. The Kier molecular flexibility index (Phi) is 5.45. The van der Waals surface area contributed by atoms with Crippen LogP contribution in [0.15, 0.2) is 24.3 Å². The summed E-state index contributed by atoms with van der Waals surface area (Å²) >= 11 is 0. The lowest BCUT2D eigenvalue weighted by atomic mass is 9.95. The van der Waals surface area contributed by atoms with Crippen molar-refractivity contribution in [2.75, 3.05) is 19.8 Å². The van der Waals surface area contributed by atoms with E-state index in [0.29, 0.717) is 6.61 Å². The molecule has 0 saturated heterocycles. The SMILES string of the molecule is CCOc1ccc(CNCC(C)(C)CO)cc1. The highest BCUT2D eigenvalue weighted by Gasteiger charge is 2.15. The highest BCUT2D eigenvalue weighted by atomic mass is 16.5. The third kappa shape index (κ3) is 5.20. The molecule has 3 nitrogen and oxygen atoms in total. The van der Waals surface area contributed by atoms with Gasteiger partial charge in [-0.1, -0.05) is 26.0 Å². The molecule has 0 fully saturated rings. The lowest BCUT2D eigenvalue weighted by Crippen LogP contribution is -2.31. The van der Waals surface area contributed by atoms with Crippen LogP contribution in [0.3, 0.4) is 0 Å². The smallest absolute Gasteiger partial charge is 0.119 e. The average Bonchev–Trinajstić information content (AvgIpc) is 2.32. The van der Waals surface area contributed by atoms with Crippen LogP contribution in [0.1, 0.15) is 26.3 Å². The summed E-state index contributed by atoms with van der Waals surface area (Å²) < 4.78 is 5.38. The van der Waals surface area contributed by atoms with Crippen LogP contribution in [0, 0.1) is 5.41 Å². The molecule has 0 spiro atoms.